The van der Waals surface area contributed by atoms with Gasteiger partial charge in [-0.1, -0.05) is 0 Å². The average molecular weight is 826 g/mol. The van der Waals surface area contributed by atoms with E-state index in [4.69, 9.17) is 0 Å². The minimum Gasteiger partial charge on any atom is -0.519 e. The summed E-state index contributed by atoms with van der Waals surface area (Å²) in [5.41, 5.74) is -2.59. The zero-order chi connectivity index (χ0) is 41.5. The second kappa shape index (κ2) is 12.5. The quantitative estimate of drug-likeness (QED) is 0.0566. The van der Waals surface area contributed by atoms with E-state index in [-0.39, 0.29) is 0 Å². The van der Waals surface area contributed by atoms with Crippen LogP contribution in [0.3, 0.4) is 0 Å². The first-order chi connectivity index (χ1) is 26.1. The van der Waals surface area contributed by atoms with E-state index in [1.807, 2.05) is 0 Å². The van der Waals surface area contributed by atoms with Crippen molar-refractivity contribution in [2.24, 2.45) is 0 Å². The summed E-state index contributed by atoms with van der Waals surface area (Å²) in [7, 11) is -4.19. The highest BCUT2D eigenvalue weighted by atomic mass is 19.2. The lowest BCUT2D eigenvalue weighted by Gasteiger charge is -2.24. The Balaban J connectivity index is 1.71. The molecule has 7 aromatic rings. The monoisotopic (exact) mass is 826 g/mol. The number of benzene rings is 7. The van der Waals surface area contributed by atoms with E-state index in [2.05, 4.69) is 9.31 Å². The minimum atomic E-state index is -4.19. The first-order valence-corrected chi connectivity index (χ1v) is 14.1. The Morgan fingerprint density at radius 2 is 0.429 bits per heavy atom. The first-order valence-electron chi connectivity index (χ1n) is 14.1. The van der Waals surface area contributed by atoms with Gasteiger partial charge in [-0.3, -0.25) is 0 Å². The van der Waals surface area contributed by atoms with Crippen molar-refractivity contribution in [2.45, 2.75) is 0 Å². The summed E-state index contributed by atoms with van der Waals surface area (Å²) in [4.78, 5) is 0. The number of rotatable bonds is 5. The van der Waals surface area contributed by atoms with Crippen molar-refractivity contribution in [3.05, 3.63) is 122 Å². The molecule has 0 heterocycles. The minimum absolute atomic E-state index is 1.94. The Bertz CT molecular complexity index is 2890. The maximum absolute atomic E-state index is 16.1. The van der Waals surface area contributed by atoms with E-state index in [1.54, 1.807) is 0 Å². The van der Waals surface area contributed by atoms with Crippen LogP contribution < -0.4 is 14.8 Å². The van der Waals surface area contributed by atoms with Crippen LogP contribution in [0.4, 0.5) is 92.2 Å². The summed E-state index contributed by atoms with van der Waals surface area (Å²) in [6.45, 7) is 0. The Morgan fingerprint density at radius 3 is 0.875 bits per heavy atom. The SMILES string of the molecule is Fc1c(F)c(F)c(OB(Oc2c(F)c(F)c(F)c3c(F)c(F)c(F)c(F)c23)c2c(F)c(F)c3c(F)c(F)c4c(F)c(F)c(F)c5c(F)c(F)c2c3c45)c(F)c1F. The molecule has 24 heteroatoms. The van der Waals surface area contributed by atoms with Crippen molar-refractivity contribution in [1.29, 1.82) is 0 Å². The molecule has 0 saturated carbocycles. The van der Waals surface area contributed by atoms with Crippen LogP contribution in [0, 0.1) is 122 Å². The van der Waals surface area contributed by atoms with Crippen molar-refractivity contribution in [2.75, 3.05) is 0 Å². The molecule has 0 saturated heterocycles. The molecule has 0 aliphatic heterocycles. The van der Waals surface area contributed by atoms with Crippen LogP contribution in [-0.2, 0) is 0 Å². The van der Waals surface area contributed by atoms with Crippen LogP contribution in [0.2, 0.25) is 0 Å². The predicted molar refractivity (Wildman–Crippen MR) is 146 cm³/mol. The maximum Gasteiger partial charge on any atom is 0.636 e. The van der Waals surface area contributed by atoms with Gasteiger partial charge in [-0.05, 0) is 0 Å². The highest BCUT2D eigenvalue weighted by molar-refractivity contribution is 6.66. The van der Waals surface area contributed by atoms with E-state index in [1.165, 1.54) is 0 Å². The average Bonchev–Trinajstić information content (AvgIpc) is 3.16. The lowest BCUT2D eigenvalue weighted by molar-refractivity contribution is 0.330. The summed E-state index contributed by atoms with van der Waals surface area (Å²) in [5.74, 6) is -67.6. The molecule has 0 spiro atoms. The van der Waals surface area contributed by atoms with Gasteiger partial charge in [-0.2, -0.15) is 13.2 Å². The molecule has 56 heavy (non-hydrogen) atoms. The van der Waals surface area contributed by atoms with Crippen LogP contribution in [0.25, 0.3) is 43.1 Å². The van der Waals surface area contributed by atoms with E-state index in [0.717, 1.165) is 0 Å². The highest BCUT2D eigenvalue weighted by Gasteiger charge is 2.44. The molecule has 0 aliphatic carbocycles. The number of halogens is 21. The van der Waals surface area contributed by atoms with Crippen LogP contribution in [0.15, 0.2) is 0 Å². The molecule has 0 aliphatic rings. The molecule has 0 unspecified atom stereocenters. The zero-order valence-electron chi connectivity index (χ0n) is 25.3. The Labute approximate surface area is 291 Å². The molecule has 0 N–H and O–H groups in total. The summed E-state index contributed by atoms with van der Waals surface area (Å²) < 4.78 is 322. The Kier molecular flexibility index (Phi) is 8.57. The van der Waals surface area contributed by atoms with Gasteiger partial charge >= 0.3 is 7.12 Å². The summed E-state index contributed by atoms with van der Waals surface area (Å²) in [6, 6.07) is 0. The standard InChI is InChI=1S/C32BF21O2/c34-10-3-1-2-5(11(10)35)15(39)21(45)16(40)6(2)13(37)12(36)4(1)14(38)20(44)9(3)33(56-32-29(53)26(50)25(49)27(51)30(32)54)55-31-8-7(18(42)24(48)28(31)52)17(41)22(46)23(47)19(8)43. The first kappa shape index (κ1) is 38.3. The van der Waals surface area contributed by atoms with Gasteiger partial charge < -0.3 is 9.31 Å². The van der Waals surface area contributed by atoms with Crippen LogP contribution >= 0.6 is 0 Å². The number of fused-ring (bicyclic) bond motifs is 1. The maximum atomic E-state index is 16.1. The lowest BCUT2D eigenvalue weighted by atomic mass is 9.72. The van der Waals surface area contributed by atoms with Crippen LogP contribution in [-0.4, -0.2) is 7.12 Å². The molecule has 0 bridgehead atoms. The van der Waals surface area contributed by atoms with Gasteiger partial charge in [0.15, 0.2) is 98.8 Å². The summed E-state index contributed by atoms with van der Waals surface area (Å²) in [6.07, 6.45) is 0. The van der Waals surface area contributed by atoms with E-state index in [9.17, 15) is 57.1 Å². The molecule has 7 aromatic carbocycles. The van der Waals surface area contributed by atoms with Gasteiger partial charge in [-0.15, -0.1) is 0 Å². The molecule has 7 rings (SSSR count). The fourth-order valence-corrected chi connectivity index (χ4v) is 6.00. The third-order valence-corrected chi connectivity index (χ3v) is 8.41. The molecule has 0 fully saturated rings. The van der Waals surface area contributed by atoms with Gasteiger partial charge in [-0.25, -0.2) is 79.0 Å². The molecular formula is C32BF21O2. The van der Waals surface area contributed by atoms with Gasteiger partial charge in [0.05, 0.1) is 32.4 Å². The topological polar surface area (TPSA) is 18.5 Å². The van der Waals surface area contributed by atoms with E-state index < -0.39 is 189 Å². The number of hydrogen-bond acceptors (Lipinski definition) is 2. The van der Waals surface area contributed by atoms with E-state index in [0.29, 0.717) is 0 Å². The van der Waals surface area contributed by atoms with E-state index >= 15 is 35.1 Å². The summed E-state index contributed by atoms with van der Waals surface area (Å²) >= 11 is 0. The molecule has 290 valence electrons. The van der Waals surface area contributed by atoms with Crippen molar-refractivity contribution in [1.82, 2.24) is 0 Å². The van der Waals surface area contributed by atoms with Crippen molar-refractivity contribution in [3.8, 4) is 11.5 Å². The zero-order valence-corrected chi connectivity index (χ0v) is 25.3. The second-order valence-electron chi connectivity index (χ2n) is 11.2. The Hall–Kier alpha value is -5.97. The molecule has 0 radical (unpaired) electrons. The molecular weight excluding hydrogens is 826 g/mol. The second-order valence-corrected chi connectivity index (χ2v) is 11.2. The van der Waals surface area contributed by atoms with Crippen molar-refractivity contribution >= 4 is 55.7 Å². The summed E-state index contributed by atoms with van der Waals surface area (Å²) in [5, 5.41) is -17.9. The van der Waals surface area contributed by atoms with Gasteiger partial charge in [0.2, 0.25) is 34.9 Å². The molecule has 0 atom stereocenters. The lowest BCUT2D eigenvalue weighted by Crippen LogP contribution is -2.47. The number of hydrogen-bond donors (Lipinski definition) is 0. The van der Waals surface area contributed by atoms with Crippen LogP contribution in [0.5, 0.6) is 11.5 Å². The fraction of sp³-hybridized carbons (Fsp3) is 0. The third-order valence-electron chi connectivity index (χ3n) is 8.41. The highest BCUT2D eigenvalue weighted by Crippen LogP contribution is 2.46. The third kappa shape index (κ3) is 4.72. The molecule has 2 nitrogen and oxygen atoms in total. The normalized spacial score (nSPS) is 12.0. The van der Waals surface area contributed by atoms with Crippen molar-refractivity contribution in [3.63, 3.8) is 0 Å². The van der Waals surface area contributed by atoms with Gasteiger partial charge in [0, 0.05) is 16.2 Å². The largest absolute Gasteiger partial charge is 0.636 e. The molecule has 0 amide bonds. The fourth-order valence-electron chi connectivity index (χ4n) is 6.00. The van der Waals surface area contributed by atoms with Crippen LogP contribution in [0.1, 0.15) is 0 Å². The molecule has 0 aromatic heterocycles. The van der Waals surface area contributed by atoms with Gasteiger partial charge in [0.25, 0.3) is 0 Å². The Morgan fingerprint density at radius 1 is 0.196 bits per heavy atom. The predicted octanol–water partition coefficient (Wildman–Crippen LogP) is 10.5. The van der Waals surface area contributed by atoms with Crippen molar-refractivity contribution < 1.29 is 102 Å². The van der Waals surface area contributed by atoms with Gasteiger partial charge in [0.1, 0.15) is 0 Å². The smallest absolute Gasteiger partial charge is 0.519 e.